The van der Waals surface area contributed by atoms with Gasteiger partial charge in [-0.15, -0.1) is 0 Å². The first kappa shape index (κ1) is 15.5. The summed E-state index contributed by atoms with van der Waals surface area (Å²) < 4.78 is 0. The van der Waals surface area contributed by atoms with Crippen LogP contribution in [0.2, 0.25) is 0 Å². The van der Waals surface area contributed by atoms with E-state index in [2.05, 4.69) is 24.1 Å². The zero-order chi connectivity index (χ0) is 14.3. The van der Waals surface area contributed by atoms with Gasteiger partial charge in [0.2, 0.25) is 0 Å². The molecule has 0 aromatic carbocycles. The molecule has 1 amide bonds. The van der Waals surface area contributed by atoms with Crippen molar-refractivity contribution in [3.63, 3.8) is 0 Å². The third-order valence-electron chi connectivity index (χ3n) is 2.97. The Balaban J connectivity index is 2.96. The van der Waals surface area contributed by atoms with Crippen LogP contribution in [0.1, 0.15) is 50.9 Å². The maximum absolute atomic E-state index is 12.6. The summed E-state index contributed by atoms with van der Waals surface area (Å²) in [6, 6.07) is 2.07. The van der Waals surface area contributed by atoms with Crippen molar-refractivity contribution in [3.05, 3.63) is 24.0 Å². The fourth-order valence-electron chi connectivity index (χ4n) is 1.97. The van der Waals surface area contributed by atoms with Gasteiger partial charge >= 0.3 is 0 Å². The maximum Gasteiger partial charge on any atom is 0.257 e. The van der Waals surface area contributed by atoms with Crippen LogP contribution in [0.25, 0.3) is 0 Å². The predicted octanol–water partition coefficient (Wildman–Crippen LogP) is 3.16. The zero-order valence-electron chi connectivity index (χ0n) is 12.4. The van der Waals surface area contributed by atoms with E-state index >= 15 is 0 Å². The third kappa shape index (κ3) is 4.23. The summed E-state index contributed by atoms with van der Waals surface area (Å²) in [5.41, 5.74) is 1.54. The number of rotatable bonds is 7. The molecule has 1 N–H and O–H groups in total. The van der Waals surface area contributed by atoms with Gasteiger partial charge in [-0.05, 0) is 32.8 Å². The number of hydrogen-bond acceptors (Lipinski definition) is 3. The van der Waals surface area contributed by atoms with Crippen LogP contribution in [0.15, 0.2) is 18.5 Å². The smallest absolute Gasteiger partial charge is 0.257 e. The van der Waals surface area contributed by atoms with E-state index in [4.69, 9.17) is 0 Å². The second-order valence-electron chi connectivity index (χ2n) is 4.94. The fourth-order valence-corrected chi connectivity index (χ4v) is 1.97. The third-order valence-corrected chi connectivity index (χ3v) is 2.97. The van der Waals surface area contributed by atoms with E-state index in [9.17, 15) is 4.79 Å². The van der Waals surface area contributed by atoms with E-state index in [1.54, 1.807) is 12.4 Å². The fraction of sp³-hybridized carbons (Fsp3) is 0.600. The van der Waals surface area contributed by atoms with Crippen LogP contribution < -0.4 is 5.32 Å². The molecule has 4 nitrogen and oxygen atoms in total. The monoisotopic (exact) mass is 263 g/mol. The first-order chi connectivity index (χ1) is 9.11. The van der Waals surface area contributed by atoms with E-state index in [-0.39, 0.29) is 11.9 Å². The van der Waals surface area contributed by atoms with Gasteiger partial charge in [0.1, 0.15) is 0 Å². The number of nitrogens with one attached hydrogen (secondary N) is 1. The van der Waals surface area contributed by atoms with Crippen molar-refractivity contribution in [2.75, 3.05) is 18.4 Å². The maximum atomic E-state index is 12.6. The molecule has 0 saturated carbocycles. The van der Waals surface area contributed by atoms with Crippen LogP contribution in [0.4, 0.5) is 5.69 Å². The molecule has 0 saturated heterocycles. The molecular weight excluding hydrogens is 238 g/mol. The number of anilines is 1. The van der Waals surface area contributed by atoms with E-state index in [1.165, 1.54) is 0 Å². The topological polar surface area (TPSA) is 45.2 Å². The molecular formula is C15H25N3O. The molecule has 0 radical (unpaired) electrons. The molecule has 0 atom stereocenters. The molecule has 1 heterocycles. The van der Waals surface area contributed by atoms with Crippen LogP contribution in [-0.2, 0) is 0 Å². The lowest BCUT2D eigenvalue weighted by atomic mass is 10.1. The summed E-state index contributed by atoms with van der Waals surface area (Å²) in [7, 11) is 0. The molecule has 0 spiro atoms. The molecule has 0 fully saturated rings. The highest BCUT2D eigenvalue weighted by molar-refractivity contribution is 5.99. The van der Waals surface area contributed by atoms with Crippen molar-refractivity contribution in [3.8, 4) is 0 Å². The number of carbonyl (C=O) groups is 1. The standard InChI is InChI=1S/C15H25N3O/c1-5-8-17-14-7-9-16-11-13(14)15(19)18(10-6-2)12(3)4/h7,9,11-12H,5-6,8,10H2,1-4H3,(H,16,17). The largest absolute Gasteiger partial charge is 0.384 e. The predicted molar refractivity (Wildman–Crippen MR) is 79.5 cm³/mol. The lowest BCUT2D eigenvalue weighted by Gasteiger charge is -2.27. The van der Waals surface area contributed by atoms with E-state index in [0.29, 0.717) is 5.56 Å². The molecule has 0 aliphatic heterocycles. The van der Waals surface area contributed by atoms with Crippen molar-refractivity contribution in [1.29, 1.82) is 0 Å². The van der Waals surface area contributed by atoms with Crippen LogP contribution in [0.5, 0.6) is 0 Å². The molecule has 1 aromatic rings. The van der Waals surface area contributed by atoms with Crippen molar-refractivity contribution >= 4 is 11.6 Å². The summed E-state index contributed by atoms with van der Waals surface area (Å²) in [5.74, 6) is 0.0588. The Morgan fingerprint density at radius 2 is 2.11 bits per heavy atom. The van der Waals surface area contributed by atoms with Gasteiger partial charge in [-0.25, -0.2) is 0 Å². The van der Waals surface area contributed by atoms with Gasteiger partial charge in [-0.3, -0.25) is 9.78 Å². The molecule has 1 rings (SSSR count). The molecule has 0 unspecified atom stereocenters. The van der Waals surface area contributed by atoms with Gasteiger partial charge in [-0.1, -0.05) is 13.8 Å². The van der Waals surface area contributed by atoms with Crippen LogP contribution in [0, 0.1) is 0 Å². The highest BCUT2D eigenvalue weighted by Gasteiger charge is 2.20. The summed E-state index contributed by atoms with van der Waals surface area (Å²) in [5, 5.41) is 3.29. The second-order valence-corrected chi connectivity index (χ2v) is 4.94. The Kier molecular flexibility index (Phi) is 6.33. The zero-order valence-corrected chi connectivity index (χ0v) is 12.4. The number of hydrogen-bond donors (Lipinski definition) is 1. The van der Waals surface area contributed by atoms with E-state index < -0.39 is 0 Å². The first-order valence-electron chi connectivity index (χ1n) is 7.10. The van der Waals surface area contributed by atoms with Gasteiger partial charge in [-0.2, -0.15) is 0 Å². The molecule has 19 heavy (non-hydrogen) atoms. The number of nitrogens with zero attached hydrogens (tertiary/aromatic N) is 2. The van der Waals surface area contributed by atoms with Gasteiger partial charge in [0.25, 0.3) is 5.91 Å². The average molecular weight is 263 g/mol. The lowest BCUT2D eigenvalue weighted by Crippen LogP contribution is -2.38. The average Bonchev–Trinajstić information content (AvgIpc) is 2.41. The van der Waals surface area contributed by atoms with Crippen molar-refractivity contribution in [2.45, 2.75) is 46.6 Å². The summed E-state index contributed by atoms with van der Waals surface area (Å²) in [4.78, 5) is 18.6. The summed E-state index contributed by atoms with van der Waals surface area (Å²) >= 11 is 0. The Morgan fingerprint density at radius 1 is 1.37 bits per heavy atom. The minimum Gasteiger partial charge on any atom is -0.384 e. The lowest BCUT2D eigenvalue weighted by molar-refractivity contribution is 0.0706. The summed E-state index contributed by atoms with van der Waals surface area (Å²) in [6.07, 6.45) is 5.36. The molecule has 1 aromatic heterocycles. The van der Waals surface area contributed by atoms with Crippen LogP contribution in [0.3, 0.4) is 0 Å². The normalized spacial score (nSPS) is 10.6. The number of amides is 1. The van der Waals surface area contributed by atoms with Crippen LogP contribution >= 0.6 is 0 Å². The van der Waals surface area contributed by atoms with Crippen molar-refractivity contribution in [1.82, 2.24) is 9.88 Å². The Labute approximate surface area is 116 Å². The Morgan fingerprint density at radius 3 is 2.68 bits per heavy atom. The van der Waals surface area contributed by atoms with Gasteiger partial charge in [0, 0.05) is 31.5 Å². The van der Waals surface area contributed by atoms with Crippen LogP contribution in [-0.4, -0.2) is 34.9 Å². The van der Waals surface area contributed by atoms with Crippen molar-refractivity contribution < 1.29 is 4.79 Å². The SMILES string of the molecule is CCCNc1ccncc1C(=O)N(CCC)C(C)C. The molecule has 0 bridgehead atoms. The number of aromatic nitrogens is 1. The first-order valence-corrected chi connectivity index (χ1v) is 7.10. The Hall–Kier alpha value is -1.58. The molecule has 4 heteroatoms. The van der Waals surface area contributed by atoms with Gasteiger partial charge in [0.05, 0.1) is 11.3 Å². The molecule has 106 valence electrons. The second kappa shape index (κ2) is 7.77. The highest BCUT2D eigenvalue weighted by atomic mass is 16.2. The van der Waals surface area contributed by atoms with E-state index in [0.717, 1.165) is 31.6 Å². The van der Waals surface area contributed by atoms with Crippen molar-refractivity contribution in [2.24, 2.45) is 0 Å². The Bertz CT molecular complexity index is 404. The van der Waals surface area contributed by atoms with Gasteiger partial charge in [0.15, 0.2) is 0 Å². The summed E-state index contributed by atoms with van der Waals surface area (Å²) in [6.45, 7) is 9.92. The minimum atomic E-state index is 0.0588. The van der Waals surface area contributed by atoms with Gasteiger partial charge < -0.3 is 10.2 Å². The highest BCUT2D eigenvalue weighted by Crippen LogP contribution is 2.17. The molecule has 0 aliphatic carbocycles. The van der Waals surface area contributed by atoms with E-state index in [1.807, 2.05) is 24.8 Å². The minimum absolute atomic E-state index is 0.0588. The number of pyridine rings is 1. The molecule has 0 aliphatic rings. The number of carbonyl (C=O) groups excluding carboxylic acids is 1. The quantitative estimate of drug-likeness (QED) is 0.822.